The first-order valence-corrected chi connectivity index (χ1v) is 5.91. The average Bonchev–Trinajstić information content (AvgIpc) is 2.82. The van der Waals surface area contributed by atoms with E-state index in [0.29, 0.717) is 17.0 Å². The van der Waals surface area contributed by atoms with Crippen molar-refractivity contribution in [2.24, 2.45) is 0 Å². The molecule has 1 amide bonds. The number of nitrogens with one attached hydrogen (secondary N) is 2. The maximum atomic E-state index is 12.1. The van der Waals surface area contributed by atoms with E-state index in [0.717, 1.165) is 10.9 Å². The van der Waals surface area contributed by atoms with Gasteiger partial charge in [-0.25, -0.2) is 4.98 Å². The summed E-state index contributed by atoms with van der Waals surface area (Å²) in [7, 11) is 0. The standard InChI is InChI=1S/C14H12N4O/c1-9-4-2-5-10(8-9)14(19)16-13-11-6-3-7-15-12(11)17-18-13/h2-8H,1H3,(H2,15,16,17,18,19). The lowest BCUT2D eigenvalue weighted by Gasteiger charge is -2.03. The number of anilines is 1. The number of hydrogen-bond donors (Lipinski definition) is 2. The van der Waals surface area contributed by atoms with Crippen LogP contribution in [-0.4, -0.2) is 21.1 Å². The number of amides is 1. The van der Waals surface area contributed by atoms with E-state index >= 15 is 0 Å². The number of aromatic amines is 1. The summed E-state index contributed by atoms with van der Waals surface area (Å²) in [6.07, 6.45) is 1.66. The quantitative estimate of drug-likeness (QED) is 0.736. The van der Waals surface area contributed by atoms with E-state index in [2.05, 4.69) is 20.5 Å². The number of aryl methyl sites for hydroxylation is 1. The molecule has 0 atom stereocenters. The van der Waals surface area contributed by atoms with Crippen LogP contribution in [0.2, 0.25) is 0 Å². The molecule has 0 aliphatic carbocycles. The van der Waals surface area contributed by atoms with Gasteiger partial charge in [0.25, 0.3) is 5.91 Å². The fourth-order valence-electron chi connectivity index (χ4n) is 1.92. The molecule has 2 aromatic heterocycles. The molecule has 5 nitrogen and oxygen atoms in total. The van der Waals surface area contributed by atoms with Gasteiger partial charge in [0.15, 0.2) is 5.65 Å². The Morgan fingerprint density at radius 2 is 2.16 bits per heavy atom. The van der Waals surface area contributed by atoms with Crippen LogP contribution in [0.25, 0.3) is 11.0 Å². The van der Waals surface area contributed by atoms with Crippen LogP contribution in [-0.2, 0) is 0 Å². The second kappa shape index (κ2) is 4.53. The molecule has 0 bridgehead atoms. The van der Waals surface area contributed by atoms with E-state index in [9.17, 15) is 4.79 Å². The van der Waals surface area contributed by atoms with Crippen molar-refractivity contribution in [3.63, 3.8) is 0 Å². The summed E-state index contributed by atoms with van der Waals surface area (Å²) >= 11 is 0. The fraction of sp³-hybridized carbons (Fsp3) is 0.0714. The predicted molar refractivity (Wildman–Crippen MR) is 73.0 cm³/mol. The van der Waals surface area contributed by atoms with E-state index in [1.807, 2.05) is 31.2 Å². The number of carbonyl (C=O) groups is 1. The first kappa shape index (κ1) is 11.4. The van der Waals surface area contributed by atoms with Crippen molar-refractivity contribution in [1.29, 1.82) is 0 Å². The molecule has 1 aromatic carbocycles. The van der Waals surface area contributed by atoms with E-state index < -0.39 is 0 Å². The molecule has 2 N–H and O–H groups in total. The summed E-state index contributed by atoms with van der Waals surface area (Å²) in [5.41, 5.74) is 2.25. The van der Waals surface area contributed by atoms with Crippen molar-refractivity contribution in [2.75, 3.05) is 5.32 Å². The van der Waals surface area contributed by atoms with Crippen LogP contribution in [0.3, 0.4) is 0 Å². The number of fused-ring (bicyclic) bond motifs is 1. The second-order valence-electron chi connectivity index (χ2n) is 4.30. The van der Waals surface area contributed by atoms with Crippen LogP contribution >= 0.6 is 0 Å². The normalized spacial score (nSPS) is 10.6. The van der Waals surface area contributed by atoms with Gasteiger partial charge in [-0.1, -0.05) is 17.7 Å². The van der Waals surface area contributed by atoms with Gasteiger partial charge < -0.3 is 5.32 Å². The molecule has 0 spiro atoms. The predicted octanol–water partition coefficient (Wildman–Crippen LogP) is 2.52. The molecule has 19 heavy (non-hydrogen) atoms. The third-order valence-corrected chi connectivity index (χ3v) is 2.85. The fourth-order valence-corrected chi connectivity index (χ4v) is 1.92. The molecule has 94 valence electrons. The molecule has 0 saturated heterocycles. The Bertz CT molecular complexity index is 748. The number of benzene rings is 1. The van der Waals surface area contributed by atoms with Crippen molar-refractivity contribution >= 4 is 22.8 Å². The highest BCUT2D eigenvalue weighted by Gasteiger charge is 2.10. The van der Waals surface area contributed by atoms with Crippen LogP contribution in [0.5, 0.6) is 0 Å². The van der Waals surface area contributed by atoms with E-state index in [-0.39, 0.29) is 5.91 Å². The number of rotatable bonds is 2. The number of pyridine rings is 1. The van der Waals surface area contributed by atoms with Crippen LogP contribution in [0.1, 0.15) is 15.9 Å². The SMILES string of the molecule is Cc1cccc(C(=O)Nc2[nH]nc3ncccc23)c1. The molecule has 0 saturated carbocycles. The monoisotopic (exact) mass is 252 g/mol. The highest BCUT2D eigenvalue weighted by Crippen LogP contribution is 2.18. The Hall–Kier alpha value is -2.69. The summed E-state index contributed by atoms with van der Waals surface area (Å²) < 4.78 is 0. The Kier molecular flexibility index (Phi) is 2.72. The Morgan fingerprint density at radius 1 is 1.26 bits per heavy atom. The molecule has 5 heteroatoms. The third-order valence-electron chi connectivity index (χ3n) is 2.85. The Morgan fingerprint density at radius 3 is 3.00 bits per heavy atom. The van der Waals surface area contributed by atoms with Gasteiger partial charge in [0, 0.05) is 11.8 Å². The van der Waals surface area contributed by atoms with E-state index in [1.54, 1.807) is 18.3 Å². The van der Waals surface area contributed by atoms with Gasteiger partial charge in [0.05, 0.1) is 5.39 Å². The minimum absolute atomic E-state index is 0.168. The van der Waals surface area contributed by atoms with Crippen LogP contribution in [0, 0.1) is 6.92 Å². The summed E-state index contributed by atoms with van der Waals surface area (Å²) in [6, 6.07) is 11.1. The number of nitrogens with zero attached hydrogens (tertiary/aromatic N) is 2. The summed E-state index contributed by atoms with van der Waals surface area (Å²) in [5, 5.41) is 10.4. The Balaban J connectivity index is 1.91. The topological polar surface area (TPSA) is 70.7 Å². The smallest absolute Gasteiger partial charge is 0.256 e. The lowest BCUT2D eigenvalue weighted by atomic mass is 10.1. The molecule has 3 aromatic rings. The van der Waals surface area contributed by atoms with Crippen molar-refractivity contribution in [1.82, 2.24) is 15.2 Å². The minimum atomic E-state index is -0.168. The molecule has 0 aliphatic rings. The van der Waals surface area contributed by atoms with E-state index in [1.165, 1.54) is 0 Å². The number of carbonyl (C=O) groups excluding carboxylic acids is 1. The summed E-state index contributed by atoms with van der Waals surface area (Å²) in [6.45, 7) is 1.95. The summed E-state index contributed by atoms with van der Waals surface area (Å²) in [5.74, 6) is 0.396. The maximum Gasteiger partial charge on any atom is 0.256 e. The Labute approximate surface area is 109 Å². The molecular weight excluding hydrogens is 240 g/mol. The zero-order valence-electron chi connectivity index (χ0n) is 10.3. The van der Waals surface area contributed by atoms with E-state index in [4.69, 9.17) is 0 Å². The van der Waals surface area contributed by atoms with Crippen LogP contribution < -0.4 is 5.32 Å². The second-order valence-corrected chi connectivity index (χ2v) is 4.30. The molecule has 2 heterocycles. The lowest BCUT2D eigenvalue weighted by molar-refractivity contribution is 0.102. The minimum Gasteiger partial charge on any atom is -0.306 e. The van der Waals surface area contributed by atoms with Gasteiger partial charge in [-0.05, 0) is 31.2 Å². The van der Waals surface area contributed by atoms with Gasteiger partial charge in [0.1, 0.15) is 5.82 Å². The molecule has 0 radical (unpaired) electrons. The summed E-state index contributed by atoms with van der Waals surface area (Å²) in [4.78, 5) is 16.2. The molecule has 0 fully saturated rings. The first-order chi connectivity index (χ1) is 9.24. The zero-order valence-corrected chi connectivity index (χ0v) is 10.3. The van der Waals surface area contributed by atoms with Crippen molar-refractivity contribution < 1.29 is 4.79 Å². The molecule has 0 aliphatic heterocycles. The number of H-pyrrole nitrogens is 1. The van der Waals surface area contributed by atoms with Crippen LogP contribution in [0.4, 0.5) is 5.82 Å². The maximum absolute atomic E-state index is 12.1. The van der Waals surface area contributed by atoms with Gasteiger partial charge in [0.2, 0.25) is 0 Å². The molecular formula is C14H12N4O. The number of aromatic nitrogens is 3. The lowest BCUT2D eigenvalue weighted by Crippen LogP contribution is -2.12. The van der Waals surface area contributed by atoms with Crippen molar-refractivity contribution in [2.45, 2.75) is 6.92 Å². The number of hydrogen-bond acceptors (Lipinski definition) is 3. The average molecular weight is 252 g/mol. The van der Waals surface area contributed by atoms with Crippen molar-refractivity contribution in [3.8, 4) is 0 Å². The molecule has 3 rings (SSSR count). The van der Waals surface area contributed by atoms with Gasteiger partial charge >= 0.3 is 0 Å². The highest BCUT2D eigenvalue weighted by atomic mass is 16.1. The molecule has 0 unspecified atom stereocenters. The van der Waals surface area contributed by atoms with Gasteiger partial charge in [-0.3, -0.25) is 9.89 Å². The van der Waals surface area contributed by atoms with Crippen molar-refractivity contribution in [3.05, 3.63) is 53.7 Å². The van der Waals surface area contributed by atoms with Gasteiger partial charge in [-0.2, -0.15) is 5.10 Å². The largest absolute Gasteiger partial charge is 0.306 e. The highest BCUT2D eigenvalue weighted by molar-refractivity contribution is 6.07. The third kappa shape index (κ3) is 2.18. The zero-order chi connectivity index (χ0) is 13.2. The first-order valence-electron chi connectivity index (χ1n) is 5.91. The van der Waals surface area contributed by atoms with Crippen LogP contribution in [0.15, 0.2) is 42.6 Å². The van der Waals surface area contributed by atoms with Gasteiger partial charge in [-0.15, -0.1) is 0 Å².